The third-order valence-corrected chi connectivity index (χ3v) is 4.60. The Morgan fingerprint density at radius 3 is 2.80 bits per heavy atom. The molecule has 0 saturated carbocycles. The van der Waals surface area contributed by atoms with Crippen molar-refractivity contribution in [3.63, 3.8) is 0 Å². The lowest BCUT2D eigenvalue weighted by Crippen LogP contribution is -2.39. The van der Waals surface area contributed by atoms with Gasteiger partial charge >= 0.3 is 0 Å². The number of hydrogen-bond donors (Lipinski definition) is 0. The second-order valence-corrected chi connectivity index (χ2v) is 6.24. The van der Waals surface area contributed by atoms with Crippen molar-refractivity contribution in [2.45, 2.75) is 13.0 Å². The third kappa shape index (κ3) is 3.28. The van der Waals surface area contributed by atoms with Gasteiger partial charge in [0, 0.05) is 19.3 Å². The Balaban J connectivity index is 1.59. The largest absolute Gasteiger partial charge is 0.497 e. The minimum Gasteiger partial charge on any atom is -0.497 e. The van der Waals surface area contributed by atoms with Crippen molar-refractivity contribution in [3.05, 3.63) is 60.0 Å². The summed E-state index contributed by atoms with van der Waals surface area (Å²) in [5.74, 6) is 2.63. The first kappa shape index (κ1) is 15.8. The molecule has 2 heterocycles. The van der Waals surface area contributed by atoms with E-state index in [9.17, 15) is 0 Å². The minimum atomic E-state index is 0.0375. The Bertz CT molecular complexity index is 897. The number of rotatable bonds is 3. The molecule has 1 aliphatic heterocycles. The van der Waals surface area contributed by atoms with Crippen LogP contribution in [0.3, 0.4) is 0 Å². The molecule has 0 unspecified atom stereocenters. The van der Waals surface area contributed by atoms with Crippen LogP contribution in [-0.4, -0.2) is 36.8 Å². The van der Waals surface area contributed by atoms with Crippen LogP contribution < -0.4 is 9.64 Å². The van der Waals surface area contributed by atoms with E-state index in [4.69, 9.17) is 9.47 Å². The SMILES string of the molecule is COc1ccc2cc([C@@H]3CN(c4ccnc(C)n4)CCO3)ccc2c1. The number of morpholine rings is 1. The molecule has 1 atom stereocenters. The first-order chi connectivity index (χ1) is 12.2. The zero-order chi connectivity index (χ0) is 17.2. The lowest BCUT2D eigenvalue weighted by atomic mass is 10.0. The first-order valence-electron chi connectivity index (χ1n) is 8.47. The number of anilines is 1. The van der Waals surface area contributed by atoms with Crippen LogP contribution in [0, 0.1) is 6.92 Å². The average Bonchev–Trinajstić information content (AvgIpc) is 2.67. The van der Waals surface area contributed by atoms with Gasteiger partial charge in [-0.1, -0.05) is 18.2 Å². The fourth-order valence-corrected chi connectivity index (χ4v) is 3.25. The Morgan fingerprint density at radius 1 is 1.12 bits per heavy atom. The van der Waals surface area contributed by atoms with Crippen LogP contribution >= 0.6 is 0 Å². The number of aromatic nitrogens is 2. The summed E-state index contributed by atoms with van der Waals surface area (Å²) in [6.07, 6.45) is 1.85. The normalized spacial score (nSPS) is 17.7. The average molecular weight is 335 g/mol. The Hall–Kier alpha value is -2.66. The fraction of sp³-hybridized carbons (Fsp3) is 0.300. The predicted molar refractivity (Wildman–Crippen MR) is 98.2 cm³/mol. The standard InChI is InChI=1S/C20H21N3O2/c1-14-21-8-7-20(22-14)23-9-10-25-19(13-23)17-4-3-16-12-18(24-2)6-5-15(16)11-17/h3-8,11-12,19H,9-10,13H2,1-2H3/t19-/m0/s1. The van der Waals surface area contributed by atoms with Gasteiger partial charge in [0.15, 0.2) is 0 Å². The molecule has 1 aliphatic rings. The van der Waals surface area contributed by atoms with Crippen LogP contribution in [0.5, 0.6) is 5.75 Å². The number of fused-ring (bicyclic) bond motifs is 1. The van der Waals surface area contributed by atoms with Crippen molar-refractivity contribution >= 4 is 16.6 Å². The molecule has 0 aliphatic carbocycles. The molecule has 0 amide bonds. The Kier molecular flexibility index (Phi) is 4.24. The van der Waals surface area contributed by atoms with Gasteiger partial charge in [0.2, 0.25) is 0 Å². The molecule has 0 radical (unpaired) electrons. The zero-order valence-corrected chi connectivity index (χ0v) is 14.5. The van der Waals surface area contributed by atoms with Crippen molar-refractivity contribution in [3.8, 4) is 5.75 Å². The van der Waals surface area contributed by atoms with Gasteiger partial charge in [-0.25, -0.2) is 9.97 Å². The van der Waals surface area contributed by atoms with E-state index < -0.39 is 0 Å². The summed E-state index contributed by atoms with van der Waals surface area (Å²) in [5.41, 5.74) is 1.19. The van der Waals surface area contributed by atoms with Gasteiger partial charge in [0.25, 0.3) is 0 Å². The number of hydrogen-bond acceptors (Lipinski definition) is 5. The van der Waals surface area contributed by atoms with E-state index in [2.05, 4.69) is 45.2 Å². The Labute approximate surface area is 147 Å². The lowest BCUT2D eigenvalue weighted by Gasteiger charge is -2.34. The van der Waals surface area contributed by atoms with Gasteiger partial charge < -0.3 is 14.4 Å². The number of ether oxygens (including phenoxy) is 2. The maximum atomic E-state index is 6.03. The summed E-state index contributed by atoms with van der Waals surface area (Å²) < 4.78 is 11.3. The van der Waals surface area contributed by atoms with Crippen molar-refractivity contribution < 1.29 is 9.47 Å². The molecular weight excluding hydrogens is 314 g/mol. The van der Waals surface area contributed by atoms with Crippen LogP contribution in [0.4, 0.5) is 5.82 Å². The van der Waals surface area contributed by atoms with Crippen LogP contribution in [-0.2, 0) is 4.74 Å². The molecule has 0 N–H and O–H groups in total. The van der Waals surface area contributed by atoms with Crippen molar-refractivity contribution in [2.24, 2.45) is 0 Å². The van der Waals surface area contributed by atoms with E-state index in [1.807, 2.05) is 25.3 Å². The molecule has 5 nitrogen and oxygen atoms in total. The molecule has 3 aromatic rings. The molecule has 1 fully saturated rings. The summed E-state index contributed by atoms with van der Waals surface area (Å²) >= 11 is 0. The zero-order valence-electron chi connectivity index (χ0n) is 14.5. The van der Waals surface area contributed by atoms with Gasteiger partial charge in [-0.3, -0.25) is 0 Å². The smallest absolute Gasteiger partial charge is 0.132 e. The number of nitrogens with zero attached hydrogens (tertiary/aromatic N) is 3. The van der Waals surface area contributed by atoms with Gasteiger partial charge in [0.1, 0.15) is 23.5 Å². The van der Waals surface area contributed by atoms with Crippen molar-refractivity contribution in [1.29, 1.82) is 0 Å². The van der Waals surface area contributed by atoms with Crippen LogP contribution in [0.15, 0.2) is 48.7 Å². The highest BCUT2D eigenvalue weighted by atomic mass is 16.5. The van der Waals surface area contributed by atoms with Crippen LogP contribution in [0.2, 0.25) is 0 Å². The maximum Gasteiger partial charge on any atom is 0.132 e. The molecule has 5 heteroatoms. The van der Waals surface area contributed by atoms with E-state index in [-0.39, 0.29) is 6.10 Å². The highest BCUT2D eigenvalue weighted by Gasteiger charge is 2.23. The van der Waals surface area contributed by atoms with E-state index in [1.54, 1.807) is 7.11 Å². The predicted octanol–water partition coefficient (Wildman–Crippen LogP) is 3.52. The van der Waals surface area contributed by atoms with E-state index in [0.717, 1.165) is 30.5 Å². The minimum absolute atomic E-state index is 0.0375. The third-order valence-electron chi connectivity index (χ3n) is 4.60. The summed E-state index contributed by atoms with van der Waals surface area (Å²) in [4.78, 5) is 11.0. The molecule has 128 valence electrons. The molecule has 0 bridgehead atoms. The highest BCUT2D eigenvalue weighted by molar-refractivity contribution is 5.84. The maximum absolute atomic E-state index is 6.03. The summed E-state index contributed by atoms with van der Waals surface area (Å²) in [6.45, 7) is 4.24. The van der Waals surface area contributed by atoms with E-state index in [1.165, 1.54) is 16.3 Å². The molecule has 1 saturated heterocycles. The fourth-order valence-electron chi connectivity index (χ4n) is 3.25. The number of aryl methyl sites for hydroxylation is 1. The quantitative estimate of drug-likeness (QED) is 0.733. The number of benzene rings is 2. The summed E-state index contributed by atoms with van der Waals surface area (Å²) in [7, 11) is 1.69. The molecule has 1 aromatic heterocycles. The molecular formula is C20H21N3O2. The molecule has 2 aromatic carbocycles. The Morgan fingerprint density at radius 2 is 1.96 bits per heavy atom. The van der Waals surface area contributed by atoms with Gasteiger partial charge in [-0.15, -0.1) is 0 Å². The van der Waals surface area contributed by atoms with Crippen LogP contribution in [0.25, 0.3) is 10.8 Å². The second-order valence-electron chi connectivity index (χ2n) is 6.24. The monoisotopic (exact) mass is 335 g/mol. The van der Waals surface area contributed by atoms with Crippen LogP contribution in [0.1, 0.15) is 17.5 Å². The topological polar surface area (TPSA) is 47.5 Å². The second kappa shape index (κ2) is 6.69. The summed E-state index contributed by atoms with van der Waals surface area (Å²) in [6, 6.07) is 14.6. The van der Waals surface area contributed by atoms with E-state index in [0.29, 0.717) is 6.61 Å². The number of methoxy groups -OCH3 is 1. The van der Waals surface area contributed by atoms with Crippen molar-refractivity contribution in [1.82, 2.24) is 9.97 Å². The lowest BCUT2D eigenvalue weighted by molar-refractivity contribution is 0.0396. The molecule has 4 rings (SSSR count). The van der Waals surface area contributed by atoms with Gasteiger partial charge in [0.05, 0.1) is 13.7 Å². The molecule has 0 spiro atoms. The van der Waals surface area contributed by atoms with Gasteiger partial charge in [-0.05, 0) is 47.5 Å². The highest BCUT2D eigenvalue weighted by Crippen LogP contribution is 2.29. The molecule has 25 heavy (non-hydrogen) atoms. The summed E-state index contributed by atoms with van der Waals surface area (Å²) in [5, 5.41) is 2.36. The first-order valence-corrected chi connectivity index (χ1v) is 8.47. The van der Waals surface area contributed by atoms with Gasteiger partial charge in [-0.2, -0.15) is 0 Å². The van der Waals surface area contributed by atoms with E-state index >= 15 is 0 Å². The van der Waals surface area contributed by atoms with Crippen molar-refractivity contribution in [2.75, 3.05) is 31.7 Å².